The van der Waals surface area contributed by atoms with Crippen molar-refractivity contribution in [2.45, 2.75) is 115 Å². The fourth-order valence-corrected chi connectivity index (χ4v) is 8.94. The van der Waals surface area contributed by atoms with Crippen LogP contribution < -0.4 is 15.0 Å². The number of amides is 2. The fraction of sp³-hybridized carbons (Fsp3) is 0.575. The lowest BCUT2D eigenvalue weighted by Gasteiger charge is -2.42. The predicted molar refractivity (Wildman–Crippen MR) is 203 cm³/mol. The number of oxazole rings is 1. The van der Waals surface area contributed by atoms with Crippen molar-refractivity contribution in [2.75, 3.05) is 43.0 Å². The number of alkyl halides is 4. The zero-order valence-corrected chi connectivity index (χ0v) is 33.4. The zero-order chi connectivity index (χ0) is 42.4. The van der Waals surface area contributed by atoms with Crippen molar-refractivity contribution in [3.8, 4) is 17.1 Å². The molecule has 4 aromatic rings. The highest BCUT2D eigenvalue weighted by molar-refractivity contribution is 6.00. The number of benzene rings is 2. The van der Waals surface area contributed by atoms with Crippen LogP contribution in [0.2, 0.25) is 0 Å². The largest absolute Gasteiger partial charge is 0.461 e. The lowest BCUT2D eigenvalue weighted by atomic mass is 9.94. The molecule has 0 radical (unpaired) electrons. The molecule has 0 aliphatic carbocycles. The summed E-state index contributed by atoms with van der Waals surface area (Å²) in [6, 6.07) is 0.764. The number of nitrogens with zero attached hydrogens (tertiary/aromatic N) is 6. The van der Waals surface area contributed by atoms with E-state index in [1.54, 1.807) is 51.3 Å². The van der Waals surface area contributed by atoms with Crippen LogP contribution >= 0.6 is 0 Å². The minimum atomic E-state index is -5.18. The average molecular weight is 834 g/mol. The Bertz CT molecular complexity index is 2310. The normalized spacial score (nSPS) is 23.6. The standard InChI is InChI=1S/C40H45F6N7O6/c1-37(2,3)58-35(54)50-34-48-30-23(10-11-26(42)31(30)57-34)27-25(40(44,45)46)14-24-29(28(27)43)47-33(56-19-39-12-7-13-52(39)16-20(41)15-39)49-32(24)51-17-21-8-9-22(18-51)53(21)36(55)59-38(4,5)6/h10-11,14,20-22H,7-9,12-13,15-19H2,1-6H3,(H,48,50,54)/t20-,21?,22?,39+/m1/s1. The van der Waals surface area contributed by atoms with Gasteiger partial charge < -0.3 is 23.5 Å². The van der Waals surface area contributed by atoms with Gasteiger partial charge in [0.2, 0.25) is 0 Å². The van der Waals surface area contributed by atoms with Crippen LogP contribution in [-0.4, -0.2) is 105 Å². The van der Waals surface area contributed by atoms with Crippen LogP contribution in [0.5, 0.6) is 6.01 Å². The van der Waals surface area contributed by atoms with Crippen molar-refractivity contribution < 1.29 is 54.6 Å². The molecule has 8 rings (SSSR count). The van der Waals surface area contributed by atoms with Crippen molar-refractivity contribution >= 4 is 46.0 Å². The summed E-state index contributed by atoms with van der Waals surface area (Å²) in [5.41, 5.74) is -6.99. The second-order valence-electron chi connectivity index (χ2n) is 17.8. The van der Waals surface area contributed by atoms with E-state index < -0.39 is 104 Å². The van der Waals surface area contributed by atoms with Crippen LogP contribution in [0.25, 0.3) is 33.1 Å². The Hall–Kier alpha value is -5.07. The third-order valence-corrected chi connectivity index (χ3v) is 11.2. The highest BCUT2D eigenvalue weighted by atomic mass is 19.4. The number of fused-ring (bicyclic) bond motifs is 5. The van der Waals surface area contributed by atoms with E-state index in [1.165, 1.54) is 0 Å². The molecular weight excluding hydrogens is 788 g/mol. The molecule has 4 aliphatic heterocycles. The maximum atomic E-state index is 17.4. The number of anilines is 2. The molecule has 0 spiro atoms. The number of aromatic nitrogens is 3. The van der Waals surface area contributed by atoms with E-state index in [-0.39, 0.29) is 49.9 Å². The molecule has 4 atom stereocenters. The van der Waals surface area contributed by atoms with Gasteiger partial charge in [0, 0.05) is 42.6 Å². The number of ether oxygens (including phenoxy) is 3. The molecule has 19 heteroatoms. The van der Waals surface area contributed by atoms with Crippen LogP contribution in [0, 0.1) is 11.6 Å². The van der Waals surface area contributed by atoms with E-state index in [0.29, 0.717) is 25.8 Å². The first-order valence-corrected chi connectivity index (χ1v) is 19.6. The Morgan fingerprint density at radius 2 is 1.64 bits per heavy atom. The van der Waals surface area contributed by atoms with Gasteiger partial charge in [0.1, 0.15) is 40.8 Å². The number of carbonyl (C=O) groups is 2. The lowest BCUT2D eigenvalue weighted by molar-refractivity contribution is -0.137. The van der Waals surface area contributed by atoms with E-state index in [9.17, 15) is 14.0 Å². The van der Waals surface area contributed by atoms with Gasteiger partial charge in [0.15, 0.2) is 17.2 Å². The van der Waals surface area contributed by atoms with Crippen LogP contribution in [0.4, 0.5) is 47.8 Å². The van der Waals surface area contributed by atoms with Crippen LogP contribution in [-0.2, 0) is 15.7 Å². The third kappa shape index (κ3) is 7.77. The van der Waals surface area contributed by atoms with Crippen molar-refractivity contribution in [3.05, 3.63) is 35.4 Å². The Morgan fingerprint density at radius 3 is 2.31 bits per heavy atom. The molecule has 2 aromatic heterocycles. The number of hydrogen-bond donors (Lipinski definition) is 1. The van der Waals surface area contributed by atoms with E-state index in [2.05, 4.69) is 20.3 Å². The molecule has 1 N–H and O–H groups in total. The molecule has 318 valence electrons. The highest BCUT2D eigenvalue weighted by Crippen LogP contribution is 2.47. The second kappa shape index (κ2) is 14.3. The second-order valence-corrected chi connectivity index (χ2v) is 17.8. The van der Waals surface area contributed by atoms with Crippen molar-refractivity contribution in [1.82, 2.24) is 24.8 Å². The van der Waals surface area contributed by atoms with Crippen molar-refractivity contribution in [3.63, 3.8) is 0 Å². The number of hydrogen-bond acceptors (Lipinski definition) is 11. The van der Waals surface area contributed by atoms with Crippen molar-refractivity contribution in [2.24, 2.45) is 0 Å². The van der Waals surface area contributed by atoms with Gasteiger partial charge >= 0.3 is 30.4 Å². The minimum Gasteiger partial charge on any atom is -0.461 e. The van der Waals surface area contributed by atoms with Gasteiger partial charge in [-0.3, -0.25) is 9.80 Å². The summed E-state index contributed by atoms with van der Waals surface area (Å²) in [4.78, 5) is 44.1. The fourth-order valence-electron chi connectivity index (χ4n) is 8.94. The molecule has 4 fully saturated rings. The number of nitrogens with one attached hydrogen (secondary N) is 1. The van der Waals surface area contributed by atoms with Gasteiger partial charge in [0.25, 0.3) is 0 Å². The summed E-state index contributed by atoms with van der Waals surface area (Å²) in [5.74, 6) is -2.51. The molecule has 4 aliphatic rings. The first kappa shape index (κ1) is 40.7. The summed E-state index contributed by atoms with van der Waals surface area (Å²) < 4.78 is 115. The number of halogens is 6. The molecule has 2 unspecified atom stereocenters. The maximum Gasteiger partial charge on any atom is 0.417 e. The van der Waals surface area contributed by atoms with E-state index >= 15 is 22.0 Å². The predicted octanol–water partition coefficient (Wildman–Crippen LogP) is 8.63. The van der Waals surface area contributed by atoms with Crippen LogP contribution in [0.1, 0.15) is 79.2 Å². The maximum absolute atomic E-state index is 17.4. The van der Waals surface area contributed by atoms with E-state index in [0.717, 1.165) is 24.6 Å². The Balaban J connectivity index is 1.26. The smallest absolute Gasteiger partial charge is 0.417 e. The van der Waals surface area contributed by atoms with Crippen molar-refractivity contribution in [1.29, 1.82) is 0 Å². The van der Waals surface area contributed by atoms with Gasteiger partial charge in [-0.25, -0.2) is 28.1 Å². The first-order valence-electron chi connectivity index (χ1n) is 19.6. The Labute approximate surface area is 335 Å². The molecule has 6 heterocycles. The molecule has 4 saturated heterocycles. The first-order chi connectivity index (χ1) is 27.6. The quantitative estimate of drug-likeness (QED) is 0.187. The molecular formula is C40H45F6N7O6. The van der Waals surface area contributed by atoms with Gasteiger partial charge in [0.05, 0.1) is 23.2 Å². The van der Waals surface area contributed by atoms with Crippen LogP contribution in [0.3, 0.4) is 0 Å². The summed E-state index contributed by atoms with van der Waals surface area (Å²) in [6.07, 6.45) is -4.96. The lowest BCUT2D eigenvalue weighted by Crippen LogP contribution is -2.57. The van der Waals surface area contributed by atoms with Crippen LogP contribution in [0.15, 0.2) is 22.6 Å². The molecule has 2 bridgehead atoms. The molecule has 59 heavy (non-hydrogen) atoms. The monoisotopic (exact) mass is 833 g/mol. The third-order valence-electron chi connectivity index (χ3n) is 11.2. The highest BCUT2D eigenvalue weighted by Gasteiger charge is 2.50. The molecule has 2 aromatic carbocycles. The summed E-state index contributed by atoms with van der Waals surface area (Å²) in [6.45, 7) is 11.2. The minimum absolute atomic E-state index is 0.0455. The molecule has 2 amide bonds. The van der Waals surface area contributed by atoms with Gasteiger partial charge in [-0.2, -0.15) is 28.1 Å². The van der Waals surface area contributed by atoms with Gasteiger partial charge in [-0.05, 0) is 92.0 Å². The Morgan fingerprint density at radius 1 is 0.949 bits per heavy atom. The number of rotatable bonds is 6. The average Bonchev–Trinajstić information content (AvgIpc) is 3.85. The Kier molecular flexibility index (Phi) is 9.86. The summed E-state index contributed by atoms with van der Waals surface area (Å²) in [5, 5.41) is 1.91. The van der Waals surface area contributed by atoms with Gasteiger partial charge in [-0.1, -0.05) is 0 Å². The van der Waals surface area contributed by atoms with E-state index in [4.69, 9.17) is 18.6 Å². The molecule has 0 saturated carbocycles. The summed E-state index contributed by atoms with van der Waals surface area (Å²) in [7, 11) is 0. The van der Waals surface area contributed by atoms with E-state index in [1.807, 2.05) is 4.90 Å². The zero-order valence-electron chi connectivity index (χ0n) is 33.4. The SMILES string of the molecule is CC(C)(C)OC(=O)Nc1nc2c(-c3c(C(F)(F)F)cc4c(N5CC6CCC(C5)N6C(=O)OC(C)(C)C)nc(OC[C@@]56CCCN5C[C@H](F)C6)nc4c3F)ccc(F)c2o1. The van der Waals surface area contributed by atoms with Gasteiger partial charge in [-0.15, -0.1) is 0 Å². The number of carbonyl (C=O) groups excluding carboxylic acids is 2. The summed E-state index contributed by atoms with van der Waals surface area (Å²) >= 11 is 0. The molecule has 13 nitrogen and oxygen atoms in total. The topological polar surface area (TPSA) is 135 Å². The number of piperazine rings is 1.